The number of rotatable bonds is 3. The second-order valence-corrected chi connectivity index (χ2v) is 4.53. The van der Waals surface area contributed by atoms with E-state index in [2.05, 4.69) is 10.3 Å². The molecule has 0 saturated carbocycles. The van der Waals surface area contributed by atoms with E-state index in [1.54, 1.807) is 26.0 Å². The minimum atomic E-state index is -0.414. The Morgan fingerprint density at radius 3 is 2.58 bits per heavy atom. The molecule has 0 saturated heterocycles. The number of aromatic nitrogens is 1. The average Bonchev–Trinajstić information content (AvgIpc) is 2.75. The second-order valence-electron chi connectivity index (χ2n) is 4.53. The van der Waals surface area contributed by atoms with Gasteiger partial charge in [0.15, 0.2) is 0 Å². The average molecular weight is 260 g/mol. The summed E-state index contributed by atoms with van der Waals surface area (Å²) in [4.78, 5) is 26.3. The molecule has 100 valence electrons. The summed E-state index contributed by atoms with van der Waals surface area (Å²) in [5.74, 6) is 1.03. The smallest absolute Gasteiger partial charge is 0.260 e. The number of aromatic amines is 1. The summed E-state index contributed by atoms with van der Waals surface area (Å²) in [6, 6.07) is 6.56. The summed E-state index contributed by atoms with van der Waals surface area (Å²) in [6.07, 6.45) is 0. The molecule has 0 bridgehead atoms. The van der Waals surface area contributed by atoms with Gasteiger partial charge in [-0.25, -0.2) is 0 Å². The third-order valence-corrected chi connectivity index (χ3v) is 2.84. The number of pyridine rings is 1. The van der Waals surface area contributed by atoms with E-state index < -0.39 is 5.91 Å². The molecule has 0 aromatic carbocycles. The summed E-state index contributed by atoms with van der Waals surface area (Å²) in [5.41, 5.74) is 0.428. The molecule has 1 amide bonds. The maximum absolute atomic E-state index is 12.0. The van der Waals surface area contributed by atoms with E-state index in [1.165, 1.54) is 6.07 Å². The molecule has 0 aliphatic heterocycles. The van der Waals surface area contributed by atoms with Gasteiger partial charge in [-0.05, 0) is 45.0 Å². The minimum absolute atomic E-state index is 0.0979. The lowest BCUT2D eigenvalue weighted by molar-refractivity contribution is 0.0933. The van der Waals surface area contributed by atoms with Gasteiger partial charge in [0, 0.05) is 5.69 Å². The van der Waals surface area contributed by atoms with Gasteiger partial charge in [-0.15, -0.1) is 0 Å². The monoisotopic (exact) mass is 260 g/mol. The van der Waals surface area contributed by atoms with Crippen molar-refractivity contribution < 1.29 is 9.21 Å². The van der Waals surface area contributed by atoms with Gasteiger partial charge in [-0.1, -0.05) is 0 Å². The van der Waals surface area contributed by atoms with Crippen LogP contribution >= 0.6 is 0 Å². The van der Waals surface area contributed by atoms with E-state index in [0.29, 0.717) is 5.76 Å². The van der Waals surface area contributed by atoms with Crippen LogP contribution < -0.4 is 10.9 Å². The van der Waals surface area contributed by atoms with Gasteiger partial charge in [0.2, 0.25) is 0 Å². The van der Waals surface area contributed by atoms with Crippen LogP contribution in [0.1, 0.15) is 40.5 Å². The number of aryl methyl sites for hydroxylation is 2. The van der Waals surface area contributed by atoms with Gasteiger partial charge >= 0.3 is 0 Å². The molecular weight excluding hydrogens is 244 g/mol. The Bertz CT molecular complexity index is 655. The lowest BCUT2D eigenvalue weighted by atomic mass is 10.2. The second kappa shape index (κ2) is 5.14. The molecule has 0 radical (unpaired) electrons. The topological polar surface area (TPSA) is 75.1 Å². The number of hydrogen-bond donors (Lipinski definition) is 2. The molecule has 5 nitrogen and oxygen atoms in total. The molecule has 2 heterocycles. The van der Waals surface area contributed by atoms with E-state index >= 15 is 0 Å². The number of nitrogens with one attached hydrogen (secondary N) is 2. The third-order valence-electron chi connectivity index (χ3n) is 2.84. The number of H-pyrrole nitrogens is 1. The van der Waals surface area contributed by atoms with Crippen LogP contribution in [-0.2, 0) is 0 Å². The first-order valence-corrected chi connectivity index (χ1v) is 6.04. The van der Waals surface area contributed by atoms with Crippen LogP contribution in [0, 0.1) is 13.8 Å². The van der Waals surface area contributed by atoms with Crippen molar-refractivity contribution in [1.82, 2.24) is 10.3 Å². The highest BCUT2D eigenvalue weighted by molar-refractivity contribution is 5.94. The Balaban J connectivity index is 2.15. The van der Waals surface area contributed by atoms with Crippen LogP contribution in [0.2, 0.25) is 0 Å². The molecular formula is C14H16N2O3. The Kier molecular flexibility index (Phi) is 3.55. The van der Waals surface area contributed by atoms with Crippen molar-refractivity contribution in [2.75, 3.05) is 0 Å². The fourth-order valence-corrected chi connectivity index (χ4v) is 1.78. The highest BCUT2D eigenvalue weighted by atomic mass is 16.3. The number of hydrogen-bond acceptors (Lipinski definition) is 3. The SMILES string of the molecule is Cc1ccc(C(=O)N[C@@H](C)c2ccc(C)o2)c(=O)[nH]1. The molecule has 0 unspecified atom stereocenters. The number of carbonyl (C=O) groups is 1. The maximum Gasteiger partial charge on any atom is 0.260 e. The van der Waals surface area contributed by atoms with E-state index in [0.717, 1.165) is 11.5 Å². The molecule has 0 spiro atoms. The Labute approximate surface area is 110 Å². The van der Waals surface area contributed by atoms with E-state index in [4.69, 9.17) is 4.42 Å². The van der Waals surface area contributed by atoms with Crippen LogP contribution in [-0.4, -0.2) is 10.9 Å². The third kappa shape index (κ3) is 2.93. The molecule has 2 aromatic rings. The molecule has 19 heavy (non-hydrogen) atoms. The zero-order chi connectivity index (χ0) is 14.0. The summed E-state index contributed by atoms with van der Waals surface area (Å²) in [6.45, 7) is 5.40. The molecule has 0 aliphatic rings. The van der Waals surface area contributed by atoms with Crippen molar-refractivity contribution in [1.29, 1.82) is 0 Å². The largest absolute Gasteiger partial charge is 0.464 e. The molecule has 5 heteroatoms. The van der Waals surface area contributed by atoms with E-state index in [1.807, 2.05) is 13.0 Å². The Morgan fingerprint density at radius 2 is 2.00 bits per heavy atom. The fraction of sp³-hybridized carbons (Fsp3) is 0.286. The van der Waals surface area contributed by atoms with Gasteiger partial charge in [-0.3, -0.25) is 9.59 Å². The highest BCUT2D eigenvalue weighted by Gasteiger charge is 2.16. The zero-order valence-corrected chi connectivity index (χ0v) is 11.1. The van der Waals surface area contributed by atoms with Gasteiger partial charge in [0.1, 0.15) is 17.1 Å². The molecule has 2 rings (SSSR count). The van der Waals surface area contributed by atoms with Gasteiger partial charge < -0.3 is 14.7 Å². The quantitative estimate of drug-likeness (QED) is 0.887. The lowest BCUT2D eigenvalue weighted by Crippen LogP contribution is -2.31. The summed E-state index contributed by atoms with van der Waals surface area (Å²) < 4.78 is 5.43. The summed E-state index contributed by atoms with van der Waals surface area (Å²) in [5, 5.41) is 2.73. The van der Waals surface area contributed by atoms with E-state index in [9.17, 15) is 9.59 Å². The molecule has 2 aromatic heterocycles. The first kappa shape index (κ1) is 13.1. The van der Waals surface area contributed by atoms with Gasteiger partial charge in [-0.2, -0.15) is 0 Å². The fourth-order valence-electron chi connectivity index (χ4n) is 1.78. The van der Waals surface area contributed by atoms with Crippen molar-refractivity contribution >= 4 is 5.91 Å². The van der Waals surface area contributed by atoms with Crippen LogP contribution in [0.3, 0.4) is 0 Å². The predicted octanol–water partition coefficient (Wildman–Crippen LogP) is 2.08. The predicted molar refractivity (Wildman–Crippen MR) is 71.1 cm³/mol. The van der Waals surface area contributed by atoms with Crippen molar-refractivity contribution in [3.8, 4) is 0 Å². The number of amides is 1. The van der Waals surface area contributed by atoms with E-state index in [-0.39, 0.29) is 17.2 Å². The maximum atomic E-state index is 12.0. The molecule has 2 N–H and O–H groups in total. The molecule has 0 fully saturated rings. The van der Waals surface area contributed by atoms with Gasteiger partial charge in [0.05, 0.1) is 6.04 Å². The normalized spacial score (nSPS) is 12.2. The Morgan fingerprint density at radius 1 is 1.26 bits per heavy atom. The highest BCUT2D eigenvalue weighted by Crippen LogP contribution is 2.15. The summed E-state index contributed by atoms with van der Waals surface area (Å²) >= 11 is 0. The molecule has 1 atom stereocenters. The van der Waals surface area contributed by atoms with Crippen molar-refractivity contribution in [2.45, 2.75) is 26.8 Å². The lowest BCUT2D eigenvalue weighted by Gasteiger charge is -2.11. The zero-order valence-electron chi connectivity index (χ0n) is 11.1. The van der Waals surface area contributed by atoms with Crippen LogP contribution in [0.5, 0.6) is 0 Å². The first-order chi connectivity index (χ1) is 8.97. The van der Waals surface area contributed by atoms with Crippen LogP contribution in [0.4, 0.5) is 0 Å². The number of carbonyl (C=O) groups excluding carboxylic acids is 1. The van der Waals surface area contributed by atoms with Crippen LogP contribution in [0.15, 0.2) is 33.5 Å². The Hall–Kier alpha value is -2.30. The standard InChI is InChI=1S/C14H16N2O3/c1-8-4-6-11(13(17)15-8)14(18)16-10(3)12-7-5-9(2)19-12/h4-7,10H,1-3H3,(H,15,17)(H,16,18)/t10-/m0/s1. The molecule has 0 aliphatic carbocycles. The minimum Gasteiger partial charge on any atom is -0.464 e. The summed E-state index contributed by atoms with van der Waals surface area (Å²) in [7, 11) is 0. The van der Waals surface area contributed by atoms with Crippen molar-refractivity contribution in [3.05, 3.63) is 57.4 Å². The first-order valence-electron chi connectivity index (χ1n) is 6.04. The van der Waals surface area contributed by atoms with Crippen molar-refractivity contribution in [2.24, 2.45) is 0 Å². The van der Waals surface area contributed by atoms with Crippen molar-refractivity contribution in [3.63, 3.8) is 0 Å². The van der Waals surface area contributed by atoms with Crippen LogP contribution in [0.25, 0.3) is 0 Å². The number of furan rings is 1. The van der Waals surface area contributed by atoms with Gasteiger partial charge in [0.25, 0.3) is 11.5 Å².